The smallest absolute Gasteiger partial charge is 0.138 e. The molecule has 16 N–H and O–H groups in total. The monoisotopic (exact) mass is 669 g/mol. The molecule has 0 saturated carbocycles. The molecule has 0 aliphatic rings. The summed E-state index contributed by atoms with van der Waals surface area (Å²) >= 11 is 0. The first kappa shape index (κ1) is 50.5. The molecule has 10 nitrogen and oxygen atoms in total. The first-order chi connectivity index (χ1) is 23.8. The van der Waals surface area contributed by atoms with Crippen LogP contribution in [0.2, 0.25) is 0 Å². The van der Waals surface area contributed by atoms with Gasteiger partial charge >= 0.3 is 0 Å². The summed E-state index contributed by atoms with van der Waals surface area (Å²) in [5, 5.41) is 0. The van der Waals surface area contributed by atoms with Gasteiger partial charge in [0, 0.05) is 47.2 Å². The van der Waals surface area contributed by atoms with Crippen molar-refractivity contribution in [1.29, 1.82) is 0 Å². The zero-order valence-electron chi connectivity index (χ0n) is 42.8. The molecule has 0 spiro atoms. The molecule has 0 bridgehead atoms. The molecule has 0 radical (unpaired) electrons. The molecule has 0 aromatic heterocycles. The average molecular weight is 669 g/mol. The highest BCUT2D eigenvalue weighted by Gasteiger charge is 2.36. The van der Waals surface area contributed by atoms with Crippen LogP contribution in [0.4, 0.5) is 0 Å². The summed E-state index contributed by atoms with van der Waals surface area (Å²) in [7, 11) is 23.6. The second-order valence-electron chi connectivity index (χ2n) is 13.1. The summed E-state index contributed by atoms with van der Waals surface area (Å²) in [6.45, 7) is 18.5. The summed E-state index contributed by atoms with van der Waals surface area (Å²) < 4.78 is 48.1. The van der Waals surface area contributed by atoms with Gasteiger partial charge in [-0.3, -0.25) is 0 Å². The van der Waals surface area contributed by atoms with E-state index in [1.165, 1.54) is 59.2 Å². The molecular formula is C34H104N10+2. The maximum atomic E-state index is 5.77. The second-order valence-corrected chi connectivity index (χ2v) is 13.1. The van der Waals surface area contributed by atoms with Gasteiger partial charge in [-0.1, -0.05) is 73.1 Å². The average Bonchev–Trinajstić information content (AvgIpc) is 3.16. The fourth-order valence-electron chi connectivity index (χ4n) is 2.23. The number of rotatable bonds is 10. The van der Waals surface area contributed by atoms with Crippen LogP contribution in [0.25, 0.3) is 0 Å². The van der Waals surface area contributed by atoms with Gasteiger partial charge in [0.25, 0.3) is 0 Å². The van der Waals surface area contributed by atoms with Crippen molar-refractivity contribution in [2.45, 2.75) is 150 Å². The number of likely N-dealkylation sites (N-methyl/N-ethyl adjacent to an activating group) is 2. The van der Waals surface area contributed by atoms with E-state index in [0.29, 0.717) is 37.0 Å². The van der Waals surface area contributed by atoms with E-state index in [9.17, 15) is 0 Å². The predicted molar refractivity (Wildman–Crippen MR) is 216 cm³/mol. The number of hydrogen-bond donors (Lipinski definition) is 8. The SMILES string of the molecule is CC(C(C)[N+](C)(C)C)[N+](C)(C)C.CC(CN)C(C)CN.CC(N)(CN)C(C)(N)CN.CC(N)C(C)N.[3H]C.[3H]C.[3H]C.[3H]C.[3H]C.[3H]C.[3H]C.[3H]C. The Hall–Kier alpha value is -0.400. The van der Waals surface area contributed by atoms with E-state index in [0.717, 1.165) is 22.1 Å². The normalized spacial score (nSPS) is 17.8. The Morgan fingerprint density at radius 2 is 0.659 bits per heavy atom. The van der Waals surface area contributed by atoms with Crippen molar-refractivity contribution in [2.75, 3.05) is 68.5 Å². The zero-order valence-corrected chi connectivity index (χ0v) is 34.8. The van der Waals surface area contributed by atoms with Crippen LogP contribution >= 0.6 is 0 Å². The lowest BCUT2D eigenvalue weighted by Gasteiger charge is -2.41. The minimum absolute atomic E-state index is 0.130. The van der Waals surface area contributed by atoms with Crippen LogP contribution in [0.15, 0.2) is 0 Å². The molecule has 8 unspecified atom stereocenters. The molecule has 0 aromatic carbocycles. The van der Waals surface area contributed by atoms with E-state index in [2.05, 4.69) is 70.0 Å². The third kappa shape index (κ3) is 37.8. The van der Waals surface area contributed by atoms with Crippen molar-refractivity contribution in [3.05, 3.63) is 0 Å². The Morgan fingerprint density at radius 3 is 0.727 bits per heavy atom. The lowest BCUT2D eigenvalue weighted by molar-refractivity contribution is -0.962. The molecule has 10 heteroatoms. The first-order valence-corrected chi connectivity index (χ1v) is 13.3. The van der Waals surface area contributed by atoms with Crippen LogP contribution in [-0.4, -0.2) is 113 Å². The summed E-state index contributed by atoms with van der Waals surface area (Å²) in [6, 6.07) is 1.63. The fraction of sp³-hybridized carbons (Fsp3) is 1.00. The number of nitrogens with zero attached hydrogens (tertiary/aromatic N) is 2. The molecule has 0 amide bonds. The van der Waals surface area contributed by atoms with Crippen molar-refractivity contribution < 1.29 is 19.9 Å². The highest BCUT2D eigenvalue weighted by atomic mass is 15.4. The molecule has 0 heterocycles. The van der Waals surface area contributed by atoms with Gasteiger partial charge in [-0.25, -0.2) is 0 Å². The maximum Gasteiger partial charge on any atom is 0.138 e. The lowest BCUT2D eigenvalue weighted by atomic mass is 9.81. The summed E-state index contributed by atoms with van der Waals surface area (Å²) in [5.74, 6) is 1.14. The van der Waals surface area contributed by atoms with Gasteiger partial charge in [0.2, 0.25) is 0 Å². The van der Waals surface area contributed by atoms with Crippen LogP contribution in [-0.2, 0) is 0 Å². The number of quaternary nitrogens is 2. The van der Waals surface area contributed by atoms with Crippen LogP contribution < -0.4 is 45.9 Å². The van der Waals surface area contributed by atoms with Crippen molar-refractivity contribution in [3.8, 4) is 0 Å². The summed E-state index contributed by atoms with van der Waals surface area (Å²) in [6.07, 6.45) is 0. The molecule has 8 atom stereocenters. The molecule has 44 heavy (non-hydrogen) atoms. The van der Waals surface area contributed by atoms with Crippen molar-refractivity contribution in [1.82, 2.24) is 0 Å². The van der Waals surface area contributed by atoms with E-state index >= 15 is 0 Å². The molecule has 0 saturated heterocycles. The van der Waals surface area contributed by atoms with Gasteiger partial charge in [0.15, 0.2) is 0 Å². The highest BCUT2D eigenvalue weighted by molar-refractivity contribution is 5.02. The summed E-state index contributed by atoms with van der Waals surface area (Å²) in [4.78, 5) is 0. The largest absolute Gasteiger partial charge is 0.330 e. The van der Waals surface area contributed by atoms with Gasteiger partial charge in [-0.05, 0) is 66.5 Å². The maximum absolute atomic E-state index is 5.77. The quantitative estimate of drug-likeness (QED) is 0.155. The lowest BCUT2D eigenvalue weighted by Crippen LogP contribution is -2.69. The van der Waals surface area contributed by atoms with Gasteiger partial charge in [0.1, 0.15) is 12.1 Å². The van der Waals surface area contributed by atoms with Gasteiger partial charge in [-0.15, -0.1) is 0 Å². The Labute approximate surface area is 296 Å². The highest BCUT2D eigenvalue weighted by Crippen LogP contribution is 2.15. The zero-order chi connectivity index (χ0) is 46.3. The Balaban J connectivity index is -0.0000000367. The van der Waals surface area contributed by atoms with E-state index in [1.54, 1.807) is 13.8 Å². The number of nitrogens with two attached hydrogens (primary N) is 8. The van der Waals surface area contributed by atoms with E-state index in [4.69, 9.17) is 56.8 Å². The Morgan fingerprint density at radius 1 is 0.500 bits per heavy atom. The molecule has 0 fully saturated rings. The van der Waals surface area contributed by atoms with Crippen molar-refractivity contribution in [2.24, 2.45) is 57.7 Å². The van der Waals surface area contributed by atoms with Crippen LogP contribution in [0, 0.1) is 11.8 Å². The topological polar surface area (TPSA) is 208 Å². The van der Waals surface area contributed by atoms with Crippen LogP contribution in [0.5, 0.6) is 0 Å². The molecular weight excluding hydrogens is 548 g/mol. The molecule has 0 aliphatic heterocycles. The minimum atomic E-state index is -0.582. The molecule has 0 rings (SSSR count). The van der Waals surface area contributed by atoms with E-state index in [1.807, 2.05) is 13.8 Å². The molecule has 288 valence electrons. The van der Waals surface area contributed by atoms with Crippen LogP contribution in [0.3, 0.4) is 0 Å². The standard InChI is InChI=1S/C10H26N2.C6H18N4.C6H16N2.C4H12N2.8CH4/c1-9(11(3,4)5)10(2)12(6,7)8;1-5(9,3-7)6(2,10)4-8;1-5(3-7)6(2)4-8;1-3(5)4(2)6;;;;;;;;/h9-10H,1-8H3;3-4,7-10H2,1-2H3;5-6H,3-4,7-8H2,1-2H3;3-4H,5-6H2,1-2H3;8*1H4/q+2;;;;;;;;;;;/i;;;;8*1T. The van der Waals surface area contributed by atoms with Gasteiger partial charge < -0.3 is 54.8 Å². The van der Waals surface area contributed by atoms with Gasteiger partial charge in [0.05, 0.1) is 42.3 Å². The predicted octanol–water partition coefficient (Wildman–Crippen LogP) is 4.46. The van der Waals surface area contributed by atoms with Crippen LogP contribution in [0.1, 0.15) is 126 Å². The molecule has 0 aromatic rings. The van der Waals surface area contributed by atoms with E-state index < -0.39 is 11.1 Å². The second kappa shape index (κ2) is 35.5. The Bertz CT molecular complexity index is 497. The summed E-state index contributed by atoms with van der Waals surface area (Å²) in [5.41, 5.74) is 42.6. The number of hydrogen-bond acceptors (Lipinski definition) is 8. The van der Waals surface area contributed by atoms with E-state index in [-0.39, 0.29) is 12.1 Å². The van der Waals surface area contributed by atoms with Crippen molar-refractivity contribution >= 4 is 0 Å². The molecule has 0 aliphatic carbocycles. The fourth-order valence-corrected chi connectivity index (χ4v) is 2.23. The third-order valence-electron chi connectivity index (χ3n) is 7.84. The third-order valence-corrected chi connectivity index (χ3v) is 7.84. The first-order valence-electron chi connectivity index (χ1n) is 21.3. The Kier molecular flexibility index (Phi) is 40.7. The van der Waals surface area contributed by atoms with Crippen molar-refractivity contribution in [3.63, 3.8) is 0 Å². The minimum Gasteiger partial charge on any atom is -0.330 e. The van der Waals surface area contributed by atoms with Gasteiger partial charge in [-0.2, -0.15) is 0 Å².